The molecule has 1 aromatic rings. The van der Waals surface area contributed by atoms with Crippen LogP contribution in [0.2, 0.25) is 0 Å². The number of benzene rings is 1. The molecule has 1 amide bonds. The van der Waals surface area contributed by atoms with Crippen LogP contribution in [0.15, 0.2) is 18.2 Å². The Morgan fingerprint density at radius 1 is 1.47 bits per heavy atom. The average Bonchev–Trinajstić information content (AvgIpc) is 2.26. The van der Waals surface area contributed by atoms with Gasteiger partial charge in [-0.2, -0.15) is 0 Å². The van der Waals surface area contributed by atoms with Crippen molar-refractivity contribution < 1.29 is 18.3 Å². The highest BCUT2D eigenvalue weighted by Gasteiger charge is 2.32. The van der Waals surface area contributed by atoms with Crippen LogP contribution in [-0.4, -0.2) is 24.1 Å². The topological polar surface area (TPSA) is 64.3 Å². The van der Waals surface area contributed by atoms with Crippen molar-refractivity contribution in [2.24, 2.45) is 5.73 Å². The van der Waals surface area contributed by atoms with E-state index in [2.05, 4.69) is 5.32 Å². The van der Waals surface area contributed by atoms with E-state index in [1.54, 1.807) is 6.92 Å². The van der Waals surface area contributed by atoms with E-state index >= 15 is 0 Å². The third kappa shape index (κ3) is 4.17. The summed E-state index contributed by atoms with van der Waals surface area (Å²) in [6.45, 7) is 5.11. The number of amides is 1. The van der Waals surface area contributed by atoms with Gasteiger partial charge in [-0.3, -0.25) is 10.1 Å². The molecule has 0 radical (unpaired) electrons. The monoisotopic (exact) mass is 272 g/mol. The van der Waals surface area contributed by atoms with Crippen LogP contribution in [0.3, 0.4) is 0 Å². The van der Waals surface area contributed by atoms with E-state index in [0.29, 0.717) is 6.07 Å². The lowest BCUT2D eigenvalue weighted by Crippen LogP contribution is -2.59. The molecular weight excluding hydrogens is 254 g/mol. The molecule has 1 unspecified atom stereocenters. The number of carbonyl (C=O) groups excluding carboxylic acids is 1. The highest BCUT2D eigenvalue weighted by molar-refractivity contribution is 5.84. The second kappa shape index (κ2) is 5.97. The van der Waals surface area contributed by atoms with Crippen molar-refractivity contribution in [1.29, 1.82) is 0 Å². The Hall–Kier alpha value is -1.69. The van der Waals surface area contributed by atoms with E-state index in [9.17, 15) is 13.6 Å². The third-order valence-electron chi connectivity index (χ3n) is 2.56. The molecule has 0 aliphatic rings. The highest BCUT2D eigenvalue weighted by Crippen LogP contribution is 2.19. The Morgan fingerprint density at radius 3 is 2.58 bits per heavy atom. The number of nitrogens with two attached hydrogens (primary N) is 1. The van der Waals surface area contributed by atoms with Gasteiger partial charge < -0.3 is 10.5 Å². The second-order valence-corrected chi connectivity index (χ2v) is 4.86. The molecule has 0 fully saturated rings. The van der Waals surface area contributed by atoms with Crippen molar-refractivity contribution in [3.63, 3.8) is 0 Å². The number of halogens is 2. The van der Waals surface area contributed by atoms with Gasteiger partial charge in [0.05, 0.1) is 0 Å². The molecule has 0 spiro atoms. The molecule has 6 heteroatoms. The zero-order valence-electron chi connectivity index (χ0n) is 11.2. The Balaban J connectivity index is 2.79. The highest BCUT2D eigenvalue weighted by atomic mass is 19.1. The first kappa shape index (κ1) is 15.4. The van der Waals surface area contributed by atoms with E-state index in [1.807, 2.05) is 13.8 Å². The van der Waals surface area contributed by atoms with Gasteiger partial charge in [-0.25, -0.2) is 8.78 Å². The summed E-state index contributed by atoms with van der Waals surface area (Å²) in [5.41, 5.74) is 4.18. The molecule has 0 saturated carbocycles. The number of rotatable bonds is 6. The maximum Gasteiger partial charge on any atom is 0.240 e. The number of nitrogens with one attached hydrogen (secondary N) is 1. The molecule has 0 aromatic heterocycles. The number of primary amides is 1. The van der Waals surface area contributed by atoms with Crippen LogP contribution in [0, 0.1) is 11.6 Å². The molecule has 1 atom stereocenters. The molecule has 4 nitrogen and oxygen atoms in total. The maximum atomic E-state index is 13.4. The lowest BCUT2D eigenvalue weighted by molar-refractivity contribution is -0.125. The summed E-state index contributed by atoms with van der Waals surface area (Å²) in [6.07, 6.45) is 0. The number of hydrogen-bond acceptors (Lipinski definition) is 3. The normalized spacial score (nSPS) is 14.2. The first-order chi connectivity index (χ1) is 8.74. The van der Waals surface area contributed by atoms with Crippen LogP contribution in [-0.2, 0) is 4.79 Å². The minimum absolute atomic E-state index is 0.000773. The fourth-order valence-electron chi connectivity index (χ4n) is 1.64. The summed E-state index contributed by atoms with van der Waals surface area (Å²) in [6, 6.07) is 2.96. The van der Waals surface area contributed by atoms with E-state index in [-0.39, 0.29) is 18.4 Å². The fourth-order valence-corrected chi connectivity index (χ4v) is 1.64. The summed E-state index contributed by atoms with van der Waals surface area (Å²) in [5.74, 6) is -2.25. The van der Waals surface area contributed by atoms with Gasteiger partial charge in [-0.05, 0) is 32.9 Å². The molecule has 0 saturated heterocycles. The van der Waals surface area contributed by atoms with Crippen molar-refractivity contribution in [1.82, 2.24) is 5.32 Å². The zero-order chi connectivity index (χ0) is 14.6. The van der Waals surface area contributed by atoms with Crippen LogP contribution in [0.4, 0.5) is 8.78 Å². The maximum absolute atomic E-state index is 13.4. The summed E-state index contributed by atoms with van der Waals surface area (Å²) < 4.78 is 31.3. The van der Waals surface area contributed by atoms with Crippen molar-refractivity contribution in [3.8, 4) is 5.75 Å². The molecule has 1 aromatic carbocycles. The fraction of sp³-hybridized carbons (Fsp3) is 0.462. The minimum atomic E-state index is -1.13. The van der Waals surface area contributed by atoms with Crippen LogP contribution in [0.25, 0.3) is 0 Å². The van der Waals surface area contributed by atoms with Gasteiger partial charge in [-0.1, -0.05) is 0 Å². The van der Waals surface area contributed by atoms with E-state index in [0.717, 1.165) is 6.07 Å². The summed E-state index contributed by atoms with van der Waals surface area (Å²) >= 11 is 0. The van der Waals surface area contributed by atoms with Gasteiger partial charge in [-0.15, -0.1) is 0 Å². The molecule has 3 N–H and O–H groups in total. The first-order valence-electron chi connectivity index (χ1n) is 5.90. The minimum Gasteiger partial charge on any atom is -0.488 e. The molecule has 0 heterocycles. The Labute approximate surface area is 110 Å². The second-order valence-electron chi connectivity index (χ2n) is 4.86. The molecule has 19 heavy (non-hydrogen) atoms. The van der Waals surface area contributed by atoms with Crippen molar-refractivity contribution >= 4 is 5.91 Å². The van der Waals surface area contributed by atoms with Gasteiger partial charge in [0.15, 0.2) is 11.6 Å². The zero-order valence-corrected chi connectivity index (χ0v) is 11.2. The van der Waals surface area contributed by atoms with Gasteiger partial charge in [0.25, 0.3) is 0 Å². The smallest absolute Gasteiger partial charge is 0.240 e. The largest absolute Gasteiger partial charge is 0.488 e. The third-order valence-corrected chi connectivity index (χ3v) is 2.56. The van der Waals surface area contributed by atoms with E-state index in [1.165, 1.54) is 6.07 Å². The van der Waals surface area contributed by atoms with Crippen molar-refractivity contribution in [2.75, 3.05) is 6.61 Å². The van der Waals surface area contributed by atoms with Crippen molar-refractivity contribution in [2.45, 2.75) is 32.4 Å². The summed E-state index contributed by atoms with van der Waals surface area (Å²) in [5, 5.41) is 2.96. The molecule has 0 aliphatic heterocycles. The summed E-state index contributed by atoms with van der Waals surface area (Å²) in [4.78, 5) is 11.4. The average molecular weight is 272 g/mol. The first-order valence-corrected chi connectivity index (χ1v) is 5.90. The lowest BCUT2D eigenvalue weighted by Gasteiger charge is -2.29. The quantitative estimate of drug-likeness (QED) is 0.826. The SMILES string of the molecule is CC(C)NC(C)(COc1ccc(F)cc1F)C(N)=O. The van der Waals surface area contributed by atoms with Crippen LogP contribution in [0.5, 0.6) is 5.75 Å². The molecule has 1 rings (SSSR count). The number of hydrogen-bond donors (Lipinski definition) is 2. The predicted octanol–water partition coefficient (Wildman–Crippen LogP) is 1.59. The molecule has 106 valence electrons. The number of carbonyl (C=O) groups is 1. The lowest BCUT2D eigenvalue weighted by atomic mass is 10.0. The Bertz CT molecular complexity index is 466. The van der Waals surface area contributed by atoms with Crippen molar-refractivity contribution in [3.05, 3.63) is 29.8 Å². The van der Waals surface area contributed by atoms with Crippen LogP contribution < -0.4 is 15.8 Å². The summed E-state index contributed by atoms with van der Waals surface area (Å²) in [7, 11) is 0. The number of ether oxygens (including phenoxy) is 1. The van der Waals surface area contributed by atoms with Crippen LogP contribution in [0.1, 0.15) is 20.8 Å². The molecular formula is C13H18F2N2O2. The molecule has 0 aliphatic carbocycles. The van der Waals surface area contributed by atoms with Crippen LogP contribution >= 0.6 is 0 Å². The predicted molar refractivity (Wildman–Crippen MR) is 67.7 cm³/mol. The van der Waals surface area contributed by atoms with Gasteiger partial charge in [0.2, 0.25) is 5.91 Å². The molecule has 0 bridgehead atoms. The van der Waals surface area contributed by atoms with Gasteiger partial charge >= 0.3 is 0 Å². The standard InChI is InChI=1S/C13H18F2N2O2/c1-8(2)17-13(3,12(16)18)7-19-11-5-4-9(14)6-10(11)15/h4-6,8,17H,7H2,1-3H3,(H2,16,18). The van der Waals surface area contributed by atoms with E-state index < -0.39 is 23.1 Å². The Kier molecular flexibility index (Phi) is 4.83. The Morgan fingerprint density at radius 2 is 2.11 bits per heavy atom. The van der Waals surface area contributed by atoms with Gasteiger partial charge in [0.1, 0.15) is 18.0 Å². The van der Waals surface area contributed by atoms with E-state index in [4.69, 9.17) is 10.5 Å². The van der Waals surface area contributed by atoms with Gasteiger partial charge in [0, 0.05) is 12.1 Å².